The molecule has 0 unspecified atom stereocenters. The Morgan fingerprint density at radius 1 is 0.830 bits per heavy atom. The fourth-order valence-corrected chi connectivity index (χ4v) is 5.92. The molecule has 0 atom stereocenters. The van der Waals surface area contributed by atoms with E-state index in [1.54, 1.807) is 56.3 Å². The highest BCUT2D eigenvalue weighted by atomic mass is 32.2. The van der Waals surface area contributed by atoms with Crippen LogP contribution in [0.1, 0.15) is 37.4 Å². The van der Waals surface area contributed by atoms with E-state index in [1.165, 1.54) is 30.3 Å². The van der Waals surface area contributed by atoms with Crippen molar-refractivity contribution in [2.75, 3.05) is 16.5 Å². The monoisotopic (exact) mass is 674 g/mol. The van der Waals surface area contributed by atoms with Gasteiger partial charge in [-0.3, -0.25) is 24.1 Å². The maximum atomic E-state index is 13.3. The SMILES string of the molecule is Cc1ccc(N/N=C2\C(=O)c3ccc(N=Nc4ccc(NC(=O)c5ccc(N)cc5)cc4C)cc3C=C2S(=O)(=O)O)c(S(=O)(=O)O)c1. The van der Waals surface area contributed by atoms with E-state index in [-0.39, 0.29) is 28.4 Å². The summed E-state index contributed by atoms with van der Waals surface area (Å²) in [6.45, 7) is 3.35. The average molecular weight is 675 g/mol. The number of nitrogens with two attached hydrogens (primary N) is 1. The normalized spacial score (nSPS) is 14.2. The van der Waals surface area contributed by atoms with Gasteiger partial charge in [0.15, 0.2) is 5.71 Å². The molecule has 0 spiro atoms. The highest BCUT2D eigenvalue weighted by Crippen LogP contribution is 2.31. The van der Waals surface area contributed by atoms with E-state index in [2.05, 4.69) is 26.1 Å². The maximum absolute atomic E-state index is 13.3. The van der Waals surface area contributed by atoms with E-state index in [0.717, 1.165) is 12.1 Å². The first kappa shape index (κ1) is 32.8. The smallest absolute Gasteiger partial charge is 0.296 e. The maximum Gasteiger partial charge on any atom is 0.296 e. The summed E-state index contributed by atoms with van der Waals surface area (Å²) in [7, 11) is -9.70. The molecule has 0 radical (unpaired) electrons. The first-order chi connectivity index (χ1) is 22.1. The number of nitrogens with zero attached hydrogens (tertiary/aromatic N) is 3. The fourth-order valence-electron chi connectivity index (χ4n) is 4.54. The second kappa shape index (κ2) is 12.7. The van der Waals surface area contributed by atoms with Crippen molar-refractivity contribution < 1.29 is 35.5 Å². The number of hydrogen-bond donors (Lipinski definition) is 5. The third-order valence-electron chi connectivity index (χ3n) is 6.90. The molecule has 0 fully saturated rings. The number of allylic oxidation sites excluding steroid dienone is 1. The number of benzene rings is 4. The van der Waals surface area contributed by atoms with E-state index in [9.17, 15) is 35.5 Å². The van der Waals surface area contributed by atoms with Gasteiger partial charge in [0, 0.05) is 22.5 Å². The van der Waals surface area contributed by atoms with Crippen LogP contribution in [-0.4, -0.2) is 43.3 Å². The van der Waals surface area contributed by atoms with Gasteiger partial charge in [-0.2, -0.15) is 32.2 Å². The van der Waals surface area contributed by atoms with Crippen molar-refractivity contribution in [3.63, 3.8) is 0 Å². The van der Waals surface area contributed by atoms with Crippen molar-refractivity contribution in [3.05, 3.63) is 112 Å². The number of carbonyl (C=O) groups excluding carboxylic acids is 2. The molecule has 16 heteroatoms. The van der Waals surface area contributed by atoms with Crippen LogP contribution in [0, 0.1) is 13.8 Å². The van der Waals surface area contributed by atoms with E-state index in [0.29, 0.717) is 33.8 Å². The van der Waals surface area contributed by atoms with E-state index in [1.807, 2.05) is 0 Å². The van der Waals surface area contributed by atoms with Crippen LogP contribution in [0.3, 0.4) is 0 Å². The van der Waals surface area contributed by atoms with Crippen LogP contribution < -0.4 is 16.5 Å². The number of fused-ring (bicyclic) bond motifs is 1. The molecule has 0 heterocycles. The Bertz CT molecular complexity index is 2260. The molecule has 0 aromatic heterocycles. The van der Waals surface area contributed by atoms with Gasteiger partial charge in [-0.15, -0.1) is 0 Å². The van der Waals surface area contributed by atoms with Gasteiger partial charge in [0.05, 0.1) is 17.1 Å². The fraction of sp³-hybridized carbons (Fsp3) is 0.0645. The third kappa shape index (κ3) is 7.47. The number of nitrogens with one attached hydrogen (secondary N) is 2. The predicted octanol–water partition coefficient (Wildman–Crippen LogP) is 5.69. The number of hydrazone groups is 1. The van der Waals surface area contributed by atoms with E-state index < -0.39 is 41.5 Å². The molecule has 14 nitrogen and oxygen atoms in total. The molecular formula is C31H26N6O8S2. The standard InChI is InChI=1S/C31H26N6O8S2/c1-17-3-11-26(27(13-17)46(40,41)42)36-37-29-28(47(43,44)45)16-20-15-23(8-10-24(20)30(29)38)34-35-25-12-9-22(14-18(25)2)33-31(39)19-4-6-21(32)7-5-19/h3-16,36H,32H2,1-2H3,(H,33,39)(H,40,41,42)(H,43,44,45)/b35-34?,37-29-. The number of ketones is 1. The van der Waals surface area contributed by atoms with Crippen LogP contribution in [0.15, 0.2) is 104 Å². The quantitative estimate of drug-likeness (QED) is 0.0663. The number of nitrogen functional groups attached to an aromatic ring is 1. The third-order valence-corrected chi connectivity index (χ3v) is 8.66. The number of rotatable bonds is 8. The highest BCUT2D eigenvalue weighted by molar-refractivity contribution is 7.91. The first-order valence-corrected chi connectivity index (χ1v) is 16.5. The summed E-state index contributed by atoms with van der Waals surface area (Å²) in [5, 5.41) is 15.0. The van der Waals surface area contributed by atoms with Crippen LogP contribution >= 0.6 is 0 Å². The van der Waals surface area contributed by atoms with Crippen molar-refractivity contribution in [2.45, 2.75) is 18.7 Å². The number of anilines is 3. The van der Waals surface area contributed by atoms with Crippen LogP contribution in [0.2, 0.25) is 0 Å². The molecule has 6 N–H and O–H groups in total. The molecule has 5 rings (SSSR count). The van der Waals surface area contributed by atoms with Crippen LogP contribution in [-0.2, 0) is 20.2 Å². The van der Waals surface area contributed by atoms with E-state index in [4.69, 9.17) is 5.73 Å². The molecule has 0 saturated heterocycles. The number of carbonyl (C=O) groups is 2. The number of amides is 1. The van der Waals surface area contributed by atoms with Crippen molar-refractivity contribution >= 4 is 72.2 Å². The van der Waals surface area contributed by atoms with Crippen molar-refractivity contribution in [2.24, 2.45) is 15.3 Å². The van der Waals surface area contributed by atoms with Gasteiger partial charge in [-0.25, -0.2) is 0 Å². The number of hydrogen-bond acceptors (Lipinski definition) is 11. The lowest BCUT2D eigenvalue weighted by atomic mass is 9.94. The number of Topliss-reactive ketones (excluding diaryl/α,β-unsaturated/α-hetero) is 1. The molecule has 0 bridgehead atoms. The van der Waals surface area contributed by atoms with Gasteiger partial charge in [0.2, 0.25) is 5.78 Å². The molecule has 47 heavy (non-hydrogen) atoms. The van der Waals surface area contributed by atoms with Gasteiger partial charge in [0.25, 0.3) is 26.1 Å². The molecular weight excluding hydrogens is 649 g/mol. The molecule has 1 aliphatic carbocycles. The van der Waals surface area contributed by atoms with Gasteiger partial charge in [0.1, 0.15) is 9.80 Å². The Morgan fingerprint density at radius 3 is 2.21 bits per heavy atom. The molecule has 4 aromatic rings. The van der Waals surface area contributed by atoms with Crippen LogP contribution in [0.25, 0.3) is 6.08 Å². The zero-order valence-electron chi connectivity index (χ0n) is 24.7. The zero-order chi connectivity index (χ0) is 34.1. The summed E-state index contributed by atoms with van der Waals surface area (Å²) in [5.41, 5.74) is 10.6. The summed E-state index contributed by atoms with van der Waals surface area (Å²) in [6, 6.07) is 19.6. The number of azo groups is 1. The van der Waals surface area contributed by atoms with E-state index >= 15 is 0 Å². The Labute approximate surface area is 269 Å². The zero-order valence-corrected chi connectivity index (χ0v) is 26.3. The largest absolute Gasteiger partial charge is 0.399 e. The first-order valence-electron chi connectivity index (χ1n) is 13.6. The highest BCUT2D eigenvalue weighted by Gasteiger charge is 2.33. The lowest BCUT2D eigenvalue weighted by Crippen LogP contribution is -2.27. The second-order valence-corrected chi connectivity index (χ2v) is 13.2. The summed E-state index contributed by atoms with van der Waals surface area (Å²) >= 11 is 0. The summed E-state index contributed by atoms with van der Waals surface area (Å²) in [6.07, 6.45) is 1.02. The van der Waals surface area contributed by atoms with Crippen LogP contribution in [0.5, 0.6) is 0 Å². The Kier molecular flexibility index (Phi) is 8.86. The van der Waals surface area contributed by atoms with Crippen molar-refractivity contribution in [1.82, 2.24) is 0 Å². The summed E-state index contributed by atoms with van der Waals surface area (Å²) in [4.78, 5) is 24.5. The van der Waals surface area contributed by atoms with Gasteiger partial charge in [-0.05, 0) is 109 Å². The molecule has 0 saturated carbocycles. The Morgan fingerprint density at radius 2 is 1.55 bits per heavy atom. The average Bonchev–Trinajstić information content (AvgIpc) is 3.00. The Balaban J connectivity index is 1.40. The Hall–Kier alpha value is -5.55. The van der Waals surface area contributed by atoms with Crippen LogP contribution in [0.4, 0.5) is 28.4 Å². The molecule has 1 amide bonds. The minimum absolute atomic E-state index is 0.0215. The van der Waals surface area contributed by atoms with Gasteiger partial charge < -0.3 is 11.1 Å². The van der Waals surface area contributed by atoms with Gasteiger partial charge in [-0.1, -0.05) is 6.07 Å². The predicted molar refractivity (Wildman–Crippen MR) is 177 cm³/mol. The minimum atomic E-state index is -4.99. The summed E-state index contributed by atoms with van der Waals surface area (Å²) in [5.74, 6) is -1.21. The lowest BCUT2D eigenvalue weighted by Gasteiger charge is -2.17. The summed E-state index contributed by atoms with van der Waals surface area (Å²) < 4.78 is 67.7. The molecule has 0 aliphatic heterocycles. The topological polar surface area (TPSA) is 230 Å². The lowest BCUT2D eigenvalue weighted by molar-refractivity contribution is 0.102. The molecule has 4 aromatic carbocycles. The van der Waals surface area contributed by atoms with Crippen molar-refractivity contribution in [3.8, 4) is 0 Å². The van der Waals surface area contributed by atoms with Gasteiger partial charge >= 0.3 is 0 Å². The minimum Gasteiger partial charge on any atom is -0.399 e. The van der Waals surface area contributed by atoms with Crippen molar-refractivity contribution in [1.29, 1.82) is 0 Å². The second-order valence-electron chi connectivity index (χ2n) is 10.4. The molecule has 240 valence electrons. The molecule has 1 aliphatic rings. The number of aryl methyl sites for hydroxylation is 2.